The van der Waals surface area contributed by atoms with E-state index in [0.29, 0.717) is 11.1 Å². The first-order valence-electron chi connectivity index (χ1n) is 7.08. The van der Waals surface area contributed by atoms with Crippen LogP contribution in [0, 0.1) is 15.9 Å². The molecule has 126 valence electrons. The molecule has 0 radical (unpaired) electrons. The van der Waals surface area contributed by atoms with Crippen LogP contribution in [0.2, 0.25) is 0 Å². The summed E-state index contributed by atoms with van der Waals surface area (Å²) in [7, 11) is 0. The van der Waals surface area contributed by atoms with Gasteiger partial charge in [-0.1, -0.05) is 12.1 Å². The minimum absolute atomic E-state index is 0.125. The highest BCUT2D eigenvalue weighted by Gasteiger charge is 2.24. The van der Waals surface area contributed by atoms with Crippen LogP contribution in [0.5, 0.6) is 0 Å². The number of rotatable bonds is 6. The minimum Gasteiger partial charge on any atom is -0.386 e. The molecule has 0 aliphatic heterocycles. The third kappa shape index (κ3) is 4.34. The van der Waals surface area contributed by atoms with Gasteiger partial charge >= 0.3 is 0 Å². The van der Waals surface area contributed by atoms with E-state index >= 15 is 0 Å². The van der Waals surface area contributed by atoms with E-state index in [1.54, 1.807) is 0 Å². The van der Waals surface area contributed by atoms with E-state index in [4.69, 9.17) is 5.73 Å². The second-order valence-electron chi connectivity index (χ2n) is 5.16. The Balaban J connectivity index is 1.96. The fourth-order valence-corrected chi connectivity index (χ4v) is 2.05. The minimum atomic E-state index is -1.31. The molecule has 2 aromatic rings. The van der Waals surface area contributed by atoms with Crippen LogP contribution in [0.25, 0.3) is 0 Å². The molecule has 0 spiro atoms. The highest BCUT2D eigenvalue weighted by molar-refractivity contribution is 5.82. The molecule has 1 amide bonds. The van der Waals surface area contributed by atoms with Gasteiger partial charge in [0.2, 0.25) is 5.91 Å². The van der Waals surface area contributed by atoms with Gasteiger partial charge in [-0.25, -0.2) is 4.39 Å². The van der Waals surface area contributed by atoms with Crippen molar-refractivity contribution in [1.82, 2.24) is 5.32 Å². The number of amides is 1. The zero-order valence-corrected chi connectivity index (χ0v) is 12.6. The molecule has 0 aliphatic carbocycles. The highest BCUT2D eigenvalue weighted by atomic mass is 19.1. The van der Waals surface area contributed by atoms with Gasteiger partial charge in [-0.3, -0.25) is 14.9 Å². The molecule has 2 rings (SSSR count). The number of halogens is 1. The summed E-state index contributed by atoms with van der Waals surface area (Å²) in [5.41, 5.74) is 6.58. The number of benzene rings is 2. The molecule has 0 heterocycles. The molecule has 0 aromatic heterocycles. The van der Waals surface area contributed by atoms with E-state index in [9.17, 15) is 24.4 Å². The number of nitro benzene ring substituents is 1. The summed E-state index contributed by atoms with van der Waals surface area (Å²) < 4.78 is 12.8. The first-order valence-corrected chi connectivity index (χ1v) is 7.08. The number of nitrogens with zero attached hydrogens (tertiary/aromatic N) is 1. The van der Waals surface area contributed by atoms with Gasteiger partial charge in [0, 0.05) is 18.7 Å². The lowest BCUT2D eigenvalue weighted by atomic mass is 10.0. The van der Waals surface area contributed by atoms with Gasteiger partial charge in [-0.15, -0.1) is 0 Å². The fourth-order valence-electron chi connectivity index (χ4n) is 2.05. The monoisotopic (exact) mass is 333 g/mol. The Morgan fingerprint density at radius 3 is 2.33 bits per heavy atom. The van der Waals surface area contributed by atoms with Crippen LogP contribution in [0.4, 0.5) is 10.1 Å². The van der Waals surface area contributed by atoms with Crippen molar-refractivity contribution >= 4 is 11.6 Å². The van der Waals surface area contributed by atoms with Crippen LogP contribution < -0.4 is 11.1 Å². The third-order valence-corrected chi connectivity index (χ3v) is 3.47. The van der Waals surface area contributed by atoms with Gasteiger partial charge in [-0.2, -0.15) is 0 Å². The quantitative estimate of drug-likeness (QED) is 0.545. The largest absolute Gasteiger partial charge is 0.386 e. The van der Waals surface area contributed by atoms with Crippen LogP contribution >= 0.6 is 0 Å². The predicted octanol–water partition coefficient (Wildman–Crippen LogP) is 1.41. The number of nitrogens with one attached hydrogen (secondary N) is 1. The average molecular weight is 333 g/mol. The van der Waals surface area contributed by atoms with E-state index in [0.717, 1.165) is 0 Å². The number of hydrogen-bond donors (Lipinski definition) is 3. The van der Waals surface area contributed by atoms with Crippen molar-refractivity contribution in [3.63, 3.8) is 0 Å². The molecule has 0 saturated heterocycles. The average Bonchev–Trinajstić information content (AvgIpc) is 2.59. The molecule has 24 heavy (non-hydrogen) atoms. The highest BCUT2D eigenvalue weighted by Crippen LogP contribution is 2.19. The summed E-state index contributed by atoms with van der Waals surface area (Å²) in [6.45, 7) is 0.139. The summed E-state index contributed by atoms with van der Waals surface area (Å²) in [4.78, 5) is 22.0. The van der Waals surface area contributed by atoms with E-state index in [2.05, 4.69) is 5.32 Å². The molecule has 0 bridgehead atoms. The second-order valence-corrected chi connectivity index (χ2v) is 5.16. The number of aliphatic hydroxyl groups is 1. The number of carbonyl (C=O) groups is 1. The standard InChI is InChI=1S/C16H16FN3O4/c17-12-5-1-10(2-6-12)9-19-16(22)14(18)15(21)11-3-7-13(8-4-11)20(23)24/h1-8,14-15,21H,9,18H2,(H,19,22)/t14-,15+/m1/s1. The summed E-state index contributed by atoms with van der Waals surface area (Å²) in [5.74, 6) is -0.972. The summed E-state index contributed by atoms with van der Waals surface area (Å²) in [6, 6.07) is 9.48. The Labute approximate surface area is 137 Å². The topological polar surface area (TPSA) is 118 Å². The molecule has 0 unspecified atom stereocenters. The fraction of sp³-hybridized carbons (Fsp3) is 0.188. The molecule has 2 atom stereocenters. The smallest absolute Gasteiger partial charge is 0.269 e. The number of nitrogens with two attached hydrogens (primary N) is 1. The van der Waals surface area contributed by atoms with E-state index in [1.165, 1.54) is 48.5 Å². The van der Waals surface area contributed by atoms with Crippen molar-refractivity contribution in [2.75, 3.05) is 0 Å². The lowest BCUT2D eigenvalue weighted by Crippen LogP contribution is -2.44. The molecule has 0 fully saturated rings. The molecular formula is C16H16FN3O4. The Morgan fingerprint density at radius 1 is 1.21 bits per heavy atom. The number of aliphatic hydroxyl groups excluding tert-OH is 1. The molecule has 0 aliphatic rings. The van der Waals surface area contributed by atoms with Crippen molar-refractivity contribution in [2.45, 2.75) is 18.7 Å². The van der Waals surface area contributed by atoms with E-state index in [1.807, 2.05) is 0 Å². The summed E-state index contributed by atoms with van der Waals surface area (Å²) in [6.07, 6.45) is -1.31. The van der Waals surface area contributed by atoms with Crippen LogP contribution in [0.1, 0.15) is 17.2 Å². The lowest BCUT2D eigenvalue weighted by molar-refractivity contribution is -0.384. The van der Waals surface area contributed by atoms with Gasteiger partial charge in [0.05, 0.1) is 4.92 Å². The molecule has 2 aromatic carbocycles. The first-order chi connectivity index (χ1) is 11.4. The van der Waals surface area contributed by atoms with Crippen molar-refractivity contribution in [1.29, 1.82) is 0 Å². The normalized spacial score (nSPS) is 13.1. The lowest BCUT2D eigenvalue weighted by Gasteiger charge is -2.18. The van der Waals surface area contributed by atoms with Gasteiger partial charge in [0.25, 0.3) is 5.69 Å². The van der Waals surface area contributed by atoms with Gasteiger partial charge in [0.15, 0.2) is 0 Å². The predicted molar refractivity (Wildman–Crippen MR) is 84.3 cm³/mol. The second kappa shape index (κ2) is 7.62. The van der Waals surface area contributed by atoms with Crippen molar-refractivity contribution in [2.24, 2.45) is 5.73 Å². The zero-order valence-electron chi connectivity index (χ0n) is 12.6. The van der Waals surface area contributed by atoms with Crippen LogP contribution in [0.15, 0.2) is 48.5 Å². The Morgan fingerprint density at radius 2 is 1.79 bits per heavy atom. The Bertz CT molecular complexity index is 719. The Hall–Kier alpha value is -2.84. The maximum Gasteiger partial charge on any atom is 0.269 e. The first kappa shape index (κ1) is 17.5. The maximum absolute atomic E-state index is 12.8. The third-order valence-electron chi connectivity index (χ3n) is 3.47. The molecular weight excluding hydrogens is 317 g/mol. The van der Waals surface area contributed by atoms with Crippen LogP contribution in [0.3, 0.4) is 0 Å². The maximum atomic E-state index is 12.8. The molecule has 0 saturated carbocycles. The van der Waals surface area contributed by atoms with Gasteiger partial charge < -0.3 is 16.2 Å². The number of carbonyl (C=O) groups excluding carboxylic acids is 1. The molecule has 8 heteroatoms. The van der Waals surface area contributed by atoms with Crippen LogP contribution in [-0.4, -0.2) is 22.0 Å². The SMILES string of the molecule is N[C@@H](C(=O)NCc1ccc(F)cc1)[C@@H](O)c1ccc([N+](=O)[O-])cc1. The number of nitro groups is 1. The van der Waals surface area contributed by atoms with E-state index in [-0.39, 0.29) is 18.0 Å². The number of non-ortho nitro benzene ring substituents is 1. The van der Waals surface area contributed by atoms with Gasteiger partial charge in [0.1, 0.15) is 18.0 Å². The van der Waals surface area contributed by atoms with Crippen molar-refractivity contribution in [3.05, 3.63) is 75.6 Å². The Kier molecular flexibility index (Phi) is 5.56. The summed E-state index contributed by atoms with van der Waals surface area (Å²) in [5, 5.41) is 23.3. The molecule has 4 N–H and O–H groups in total. The zero-order chi connectivity index (χ0) is 17.7. The van der Waals surface area contributed by atoms with Crippen molar-refractivity contribution < 1.29 is 19.2 Å². The van der Waals surface area contributed by atoms with Gasteiger partial charge in [-0.05, 0) is 35.4 Å². The summed E-state index contributed by atoms with van der Waals surface area (Å²) >= 11 is 0. The molecule has 7 nitrogen and oxygen atoms in total. The van der Waals surface area contributed by atoms with Crippen LogP contribution in [-0.2, 0) is 11.3 Å². The van der Waals surface area contributed by atoms with E-state index < -0.39 is 23.0 Å². The van der Waals surface area contributed by atoms with Crippen molar-refractivity contribution in [3.8, 4) is 0 Å². The number of hydrogen-bond acceptors (Lipinski definition) is 5.